The molecule has 41 heavy (non-hydrogen) atoms. The number of benzene rings is 3. The Kier molecular flexibility index (Phi) is 6.47. The number of rotatable bonds is 5. The van der Waals surface area contributed by atoms with Crippen molar-refractivity contribution < 1.29 is 8.81 Å². The van der Waals surface area contributed by atoms with E-state index in [1.807, 2.05) is 43.3 Å². The van der Waals surface area contributed by atoms with Gasteiger partial charge in [0.15, 0.2) is 5.49 Å². The van der Waals surface area contributed by atoms with Gasteiger partial charge in [-0.1, -0.05) is 42.5 Å². The van der Waals surface area contributed by atoms with Crippen molar-refractivity contribution >= 4 is 33.3 Å². The minimum atomic E-state index is -0.718. The van der Waals surface area contributed by atoms with Crippen LogP contribution in [0.1, 0.15) is 35.5 Å². The number of aryl methyl sites for hydroxylation is 1. The molecule has 0 spiro atoms. The minimum Gasteiger partial charge on any atom is -0.458 e. The molecular formula is C32H25FN6O2. The van der Waals surface area contributed by atoms with Gasteiger partial charge < -0.3 is 10.2 Å². The minimum absolute atomic E-state index is 0.124. The van der Waals surface area contributed by atoms with Crippen LogP contribution < -0.4 is 16.7 Å². The van der Waals surface area contributed by atoms with E-state index in [1.54, 1.807) is 37.4 Å². The van der Waals surface area contributed by atoms with E-state index in [1.165, 1.54) is 18.2 Å². The molecule has 0 saturated heterocycles. The maximum Gasteiger partial charge on any atom is 0.200 e. The Morgan fingerprint density at radius 2 is 1.85 bits per heavy atom. The summed E-state index contributed by atoms with van der Waals surface area (Å²) in [7, 11) is 0. The van der Waals surface area contributed by atoms with E-state index < -0.39 is 11.9 Å². The first-order valence-electron chi connectivity index (χ1n) is 13.0. The molecule has 0 aliphatic carbocycles. The van der Waals surface area contributed by atoms with Crippen LogP contribution in [0.5, 0.6) is 0 Å². The number of hydrogen-bond acceptors (Lipinski definition) is 7. The smallest absolute Gasteiger partial charge is 0.200 e. The fourth-order valence-electron chi connectivity index (χ4n) is 4.94. The lowest BCUT2D eigenvalue weighted by atomic mass is 9.99. The van der Waals surface area contributed by atoms with Gasteiger partial charge in [-0.2, -0.15) is 5.10 Å². The molecule has 1 atom stereocenters. The number of nitrogens with one attached hydrogen (secondary N) is 2. The third kappa shape index (κ3) is 4.67. The van der Waals surface area contributed by atoms with E-state index in [4.69, 9.17) is 20.6 Å². The predicted octanol–water partition coefficient (Wildman–Crippen LogP) is 5.84. The number of nitrogens with zero attached hydrogens (tertiary/aromatic N) is 3. The fourth-order valence-corrected chi connectivity index (χ4v) is 4.94. The van der Waals surface area contributed by atoms with Crippen LogP contribution in [0, 0.1) is 18.2 Å². The van der Waals surface area contributed by atoms with Gasteiger partial charge in [-0.05, 0) is 55.8 Å². The third-order valence-electron chi connectivity index (χ3n) is 6.99. The summed E-state index contributed by atoms with van der Waals surface area (Å²) in [5, 5.41) is 17.5. The Hall–Kier alpha value is -5.44. The second-order valence-electron chi connectivity index (χ2n) is 9.73. The highest BCUT2D eigenvalue weighted by molar-refractivity contribution is 6.14. The molecule has 3 heterocycles. The van der Waals surface area contributed by atoms with Crippen LogP contribution in [0.15, 0.2) is 99.3 Å². The number of hydrogen-bond donors (Lipinski definition) is 3. The van der Waals surface area contributed by atoms with Crippen LogP contribution in [0.2, 0.25) is 0 Å². The summed E-state index contributed by atoms with van der Waals surface area (Å²) in [5.74, 6) is -0.241. The molecule has 8 nitrogen and oxygen atoms in total. The summed E-state index contributed by atoms with van der Waals surface area (Å²) >= 11 is 0. The lowest BCUT2D eigenvalue weighted by molar-refractivity contribution is 0.498. The van der Waals surface area contributed by atoms with Gasteiger partial charge in [0.2, 0.25) is 5.43 Å². The Labute approximate surface area is 233 Å². The molecule has 202 valence electrons. The maximum absolute atomic E-state index is 14.1. The van der Waals surface area contributed by atoms with E-state index in [0.29, 0.717) is 22.4 Å². The van der Waals surface area contributed by atoms with Crippen molar-refractivity contribution in [3.63, 3.8) is 0 Å². The monoisotopic (exact) mass is 544 g/mol. The molecule has 0 fully saturated rings. The molecule has 9 heteroatoms. The number of halogens is 1. The molecule has 0 amide bonds. The summed E-state index contributed by atoms with van der Waals surface area (Å²) in [5.41, 5.74) is 10.5. The van der Waals surface area contributed by atoms with E-state index in [0.717, 1.165) is 16.6 Å². The van der Waals surface area contributed by atoms with Crippen LogP contribution in [0.4, 0.5) is 10.1 Å². The molecule has 3 aromatic carbocycles. The van der Waals surface area contributed by atoms with Crippen molar-refractivity contribution in [3.8, 4) is 11.1 Å². The predicted molar refractivity (Wildman–Crippen MR) is 157 cm³/mol. The highest BCUT2D eigenvalue weighted by Gasteiger charge is 2.22. The van der Waals surface area contributed by atoms with Crippen LogP contribution >= 0.6 is 0 Å². The molecule has 0 aliphatic rings. The third-order valence-corrected chi connectivity index (χ3v) is 6.99. The number of nitrogens with two attached hydrogens (primary N) is 1. The molecule has 4 N–H and O–H groups in total. The zero-order valence-corrected chi connectivity index (χ0v) is 22.3. The Morgan fingerprint density at radius 1 is 1.05 bits per heavy atom. The van der Waals surface area contributed by atoms with Crippen LogP contribution in [0.25, 0.3) is 33.0 Å². The molecule has 0 aliphatic heterocycles. The standard InChI is InChI=1S/C32H25FN6O2/c1-17-22-12-10-20(15-25(22)39-38-17)29(35)28-24(34)9-6-14-36-32(28)37-18(2)31-27(19-7-4-3-5-8-19)30(40)23-16-21(33)11-13-26(23)41-31/h3-16,18,35H,34H2,1-2H3,(H,38,39). The van der Waals surface area contributed by atoms with Crippen molar-refractivity contribution in [2.75, 3.05) is 5.73 Å². The first-order chi connectivity index (χ1) is 19.8. The molecule has 0 saturated carbocycles. The van der Waals surface area contributed by atoms with Gasteiger partial charge in [-0.3, -0.25) is 20.3 Å². The fraction of sp³-hybridized carbons (Fsp3) is 0.0938. The summed E-state index contributed by atoms with van der Waals surface area (Å²) in [6.45, 7) is 3.71. The number of aromatic nitrogens is 3. The number of fused-ring (bicyclic) bond motifs is 2. The summed E-state index contributed by atoms with van der Waals surface area (Å²) in [6, 6.07) is 21.1. The second-order valence-corrected chi connectivity index (χ2v) is 9.73. The Morgan fingerprint density at radius 3 is 2.66 bits per heavy atom. The van der Waals surface area contributed by atoms with Crippen molar-refractivity contribution in [2.24, 2.45) is 4.99 Å². The lowest BCUT2D eigenvalue weighted by Gasteiger charge is -2.14. The topological polar surface area (TPSA) is 134 Å². The van der Waals surface area contributed by atoms with Crippen molar-refractivity contribution in [1.82, 2.24) is 15.2 Å². The number of aromatic amines is 1. The van der Waals surface area contributed by atoms with Crippen LogP contribution in [0.3, 0.4) is 0 Å². The summed E-state index contributed by atoms with van der Waals surface area (Å²) in [4.78, 5) is 23.0. The molecule has 3 aromatic heterocycles. The van der Waals surface area contributed by atoms with Gasteiger partial charge in [0.25, 0.3) is 0 Å². The average molecular weight is 545 g/mol. The Bertz CT molecular complexity index is 2100. The average Bonchev–Trinajstić information content (AvgIpc) is 3.25. The number of H-pyrrole nitrogens is 1. The highest BCUT2D eigenvalue weighted by atomic mass is 19.1. The zero-order valence-electron chi connectivity index (χ0n) is 22.3. The SMILES string of the molecule is Cc1[nH]nc2cc(C(=N)c3c(N)cccnc3=NC(C)c3oc4ccc(F)cc4c(=O)c3-c3ccccc3)ccc12. The van der Waals surface area contributed by atoms with Gasteiger partial charge >= 0.3 is 0 Å². The second kappa shape index (κ2) is 10.3. The molecule has 6 rings (SSSR count). The highest BCUT2D eigenvalue weighted by Crippen LogP contribution is 2.31. The van der Waals surface area contributed by atoms with Crippen molar-refractivity contribution in [2.45, 2.75) is 19.9 Å². The van der Waals surface area contributed by atoms with Crippen molar-refractivity contribution in [1.29, 1.82) is 5.41 Å². The molecule has 1 unspecified atom stereocenters. The molecule has 6 aromatic rings. The van der Waals surface area contributed by atoms with Gasteiger partial charge in [0.05, 0.1) is 27.7 Å². The molecular weight excluding hydrogens is 519 g/mol. The number of anilines is 1. The van der Waals surface area contributed by atoms with Gasteiger partial charge in [0.1, 0.15) is 23.2 Å². The number of nitrogen functional groups attached to an aromatic ring is 1. The first kappa shape index (κ1) is 25.8. The largest absolute Gasteiger partial charge is 0.458 e. The van der Waals surface area contributed by atoms with Crippen LogP contribution in [-0.4, -0.2) is 20.9 Å². The summed E-state index contributed by atoms with van der Waals surface area (Å²) in [6.07, 6.45) is 1.55. The normalized spacial score (nSPS) is 12.6. The van der Waals surface area contributed by atoms with E-state index in [-0.39, 0.29) is 38.9 Å². The van der Waals surface area contributed by atoms with E-state index in [9.17, 15) is 9.18 Å². The van der Waals surface area contributed by atoms with Gasteiger partial charge in [-0.15, -0.1) is 0 Å². The van der Waals surface area contributed by atoms with E-state index >= 15 is 0 Å². The van der Waals surface area contributed by atoms with Gasteiger partial charge in [-0.25, -0.2) is 9.37 Å². The van der Waals surface area contributed by atoms with E-state index in [2.05, 4.69) is 15.2 Å². The molecule has 0 bridgehead atoms. The Balaban J connectivity index is 1.55. The van der Waals surface area contributed by atoms with Crippen molar-refractivity contribution in [3.05, 3.63) is 129 Å². The lowest BCUT2D eigenvalue weighted by Crippen LogP contribution is -2.21. The summed E-state index contributed by atoms with van der Waals surface area (Å²) < 4.78 is 20.3. The van der Waals surface area contributed by atoms with Gasteiger partial charge in [0, 0.05) is 28.5 Å². The molecule has 0 radical (unpaired) electrons. The quantitative estimate of drug-likeness (QED) is 0.235. The van der Waals surface area contributed by atoms with Crippen LogP contribution in [-0.2, 0) is 0 Å². The zero-order chi connectivity index (χ0) is 28.7. The maximum atomic E-state index is 14.1. The first-order valence-corrected chi connectivity index (χ1v) is 13.0.